The van der Waals surface area contributed by atoms with E-state index in [4.69, 9.17) is 4.74 Å². The Kier molecular flexibility index (Phi) is 14.8. The molecule has 4 N–H and O–H groups in total. The lowest BCUT2D eigenvalue weighted by Gasteiger charge is -2.34. The molecule has 1 heterocycles. The van der Waals surface area contributed by atoms with Crippen LogP contribution in [0, 0.1) is 11.8 Å². The molecule has 3 aromatic carbocycles. The van der Waals surface area contributed by atoms with Gasteiger partial charge in [0.05, 0.1) is 6.61 Å². The fourth-order valence-electron chi connectivity index (χ4n) is 7.24. The SMILES string of the molecule is CN=C(C)c1ccc(NC(=O)[C@H](Cc2cccc(-c3ccc(C(=O)N4CCN(CCO)CC4)cc3)c2)NC(=O)C2CCC(CNC(=O)OC(C)(C)C)CC2)cc1. The summed E-state index contributed by atoms with van der Waals surface area (Å²) in [7, 11) is 1.74. The first-order chi connectivity index (χ1) is 26.8. The molecule has 1 saturated heterocycles. The number of rotatable bonds is 13. The van der Waals surface area contributed by atoms with Crippen molar-refractivity contribution in [1.82, 2.24) is 20.4 Å². The Morgan fingerprint density at radius 3 is 2.16 bits per heavy atom. The smallest absolute Gasteiger partial charge is 0.407 e. The molecule has 0 spiro atoms. The molecule has 1 aliphatic heterocycles. The molecule has 3 aromatic rings. The number of hydrogen-bond donors (Lipinski definition) is 4. The van der Waals surface area contributed by atoms with Crippen LogP contribution in [0.4, 0.5) is 10.5 Å². The van der Waals surface area contributed by atoms with Crippen molar-refractivity contribution in [3.8, 4) is 11.1 Å². The second-order valence-corrected chi connectivity index (χ2v) is 15.9. The maximum absolute atomic E-state index is 13.9. The largest absolute Gasteiger partial charge is 0.444 e. The molecular formula is C44H58N6O6. The average Bonchev–Trinajstić information content (AvgIpc) is 3.19. The average molecular weight is 767 g/mol. The van der Waals surface area contributed by atoms with Crippen LogP contribution in [0.5, 0.6) is 0 Å². The van der Waals surface area contributed by atoms with E-state index >= 15 is 0 Å². The van der Waals surface area contributed by atoms with Crippen LogP contribution >= 0.6 is 0 Å². The Bertz CT molecular complexity index is 1820. The third-order valence-electron chi connectivity index (χ3n) is 10.6. The van der Waals surface area contributed by atoms with Crippen molar-refractivity contribution in [1.29, 1.82) is 0 Å². The van der Waals surface area contributed by atoms with Crippen molar-refractivity contribution < 1.29 is 29.0 Å². The number of benzene rings is 3. The molecule has 1 atom stereocenters. The number of aliphatic hydroxyl groups is 1. The predicted octanol–water partition coefficient (Wildman–Crippen LogP) is 5.54. The van der Waals surface area contributed by atoms with Crippen LogP contribution < -0.4 is 16.0 Å². The summed E-state index contributed by atoms with van der Waals surface area (Å²) in [5.74, 6) is -0.464. The van der Waals surface area contributed by atoms with E-state index in [0.717, 1.165) is 53.9 Å². The van der Waals surface area contributed by atoms with Gasteiger partial charge in [0.1, 0.15) is 11.6 Å². The maximum atomic E-state index is 13.9. The number of carbonyl (C=O) groups is 4. The minimum Gasteiger partial charge on any atom is -0.444 e. The van der Waals surface area contributed by atoms with Gasteiger partial charge in [-0.25, -0.2) is 4.79 Å². The monoisotopic (exact) mass is 766 g/mol. The first-order valence-electron chi connectivity index (χ1n) is 19.8. The van der Waals surface area contributed by atoms with Crippen LogP contribution in [0.25, 0.3) is 11.1 Å². The van der Waals surface area contributed by atoms with Crippen LogP contribution in [0.2, 0.25) is 0 Å². The van der Waals surface area contributed by atoms with E-state index in [1.165, 1.54) is 0 Å². The molecule has 4 amide bonds. The summed E-state index contributed by atoms with van der Waals surface area (Å²) in [5.41, 5.74) is 5.27. The summed E-state index contributed by atoms with van der Waals surface area (Å²) >= 11 is 0. The molecule has 56 heavy (non-hydrogen) atoms. The van der Waals surface area contributed by atoms with Crippen LogP contribution in [0.1, 0.15) is 74.9 Å². The number of aliphatic imine (C=N–C) groups is 1. The van der Waals surface area contributed by atoms with Gasteiger partial charge >= 0.3 is 6.09 Å². The second-order valence-electron chi connectivity index (χ2n) is 15.9. The first-order valence-corrected chi connectivity index (χ1v) is 19.8. The topological polar surface area (TPSA) is 153 Å². The number of anilines is 1. The van der Waals surface area contributed by atoms with Crippen molar-refractivity contribution in [2.45, 2.75) is 71.4 Å². The summed E-state index contributed by atoms with van der Waals surface area (Å²) < 4.78 is 5.36. The Morgan fingerprint density at radius 2 is 1.54 bits per heavy atom. The summed E-state index contributed by atoms with van der Waals surface area (Å²) in [5, 5.41) is 18.2. The Hall–Kier alpha value is -5.07. The van der Waals surface area contributed by atoms with Gasteiger partial charge in [-0.2, -0.15) is 0 Å². The lowest BCUT2D eigenvalue weighted by atomic mass is 9.81. The molecule has 1 aliphatic carbocycles. The van der Waals surface area contributed by atoms with Gasteiger partial charge in [-0.1, -0.05) is 48.5 Å². The highest BCUT2D eigenvalue weighted by Gasteiger charge is 2.30. The number of carbonyl (C=O) groups excluding carboxylic acids is 4. The number of ether oxygens (including phenoxy) is 1. The van der Waals surface area contributed by atoms with Gasteiger partial charge in [0.15, 0.2) is 0 Å². The predicted molar refractivity (Wildman–Crippen MR) is 220 cm³/mol. The molecule has 0 unspecified atom stereocenters. The zero-order chi connectivity index (χ0) is 40.2. The highest BCUT2D eigenvalue weighted by Crippen LogP contribution is 2.29. The van der Waals surface area contributed by atoms with E-state index < -0.39 is 17.7 Å². The molecular weight excluding hydrogens is 709 g/mol. The third kappa shape index (κ3) is 12.2. The lowest BCUT2D eigenvalue weighted by Crippen LogP contribution is -2.49. The zero-order valence-electron chi connectivity index (χ0n) is 33.5. The fourth-order valence-corrected chi connectivity index (χ4v) is 7.24. The normalized spacial score (nSPS) is 18.5. The molecule has 2 aliphatic rings. The molecule has 0 aromatic heterocycles. The standard InChI is InChI=1S/C44H58N6O6/c1-30(45-5)33-17-19-38(20-18-33)47-41(53)39(48-40(52)35-11-9-31(10-12-35)29-46-43(55)56-44(2,3)4)28-32-7-6-8-37(27-32)34-13-15-36(16-14-34)42(54)50-23-21-49(22-24-50)25-26-51/h6-8,13-20,27,31,35,39,51H,9-12,21-26,28-29H2,1-5H3,(H,46,55)(H,47,53)(H,48,52)/t31?,35?,39-/m0/s1. The summed E-state index contributed by atoms with van der Waals surface area (Å²) in [6, 6.07) is 22.1. The minimum atomic E-state index is -0.833. The van der Waals surface area contributed by atoms with E-state index in [1.807, 2.05) is 105 Å². The Balaban J connectivity index is 1.25. The maximum Gasteiger partial charge on any atom is 0.407 e. The van der Waals surface area contributed by atoms with E-state index in [9.17, 15) is 24.3 Å². The Morgan fingerprint density at radius 1 is 0.875 bits per heavy atom. The van der Waals surface area contributed by atoms with E-state index in [0.29, 0.717) is 50.3 Å². The van der Waals surface area contributed by atoms with Gasteiger partial charge in [-0.15, -0.1) is 0 Å². The number of nitrogens with one attached hydrogen (secondary N) is 3. The van der Waals surface area contributed by atoms with Crippen molar-refractivity contribution >= 4 is 35.2 Å². The molecule has 1 saturated carbocycles. The quantitative estimate of drug-likeness (QED) is 0.167. The van der Waals surface area contributed by atoms with Gasteiger partial charge in [-0.3, -0.25) is 24.3 Å². The molecule has 300 valence electrons. The molecule has 2 fully saturated rings. The number of β-amino-alcohol motifs (C(OH)–C–C–N with tert-alkyl or cyclic N) is 1. The number of nitrogens with zero attached hydrogens (tertiary/aromatic N) is 3. The Labute approximate surface area is 331 Å². The van der Waals surface area contributed by atoms with Crippen LogP contribution in [-0.2, 0) is 20.7 Å². The van der Waals surface area contributed by atoms with Crippen LogP contribution in [-0.4, -0.2) is 109 Å². The van der Waals surface area contributed by atoms with Crippen LogP contribution in [0.15, 0.2) is 77.8 Å². The van der Waals surface area contributed by atoms with E-state index in [1.54, 1.807) is 7.05 Å². The summed E-state index contributed by atoms with van der Waals surface area (Å²) in [6.07, 6.45) is 2.73. The highest BCUT2D eigenvalue weighted by molar-refractivity contribution is 6.00. The first kappa shape index (κ1) is 42.1. The highest BCUT2D eigenvalue weighted by atomic mass is 16.6. The molecule has 0 bridgehead atoms. The molecule has 12 heteroatoms. The van der Waals surface area contributed by atoms with Gasteiger partial charge in [0.25, 0.3) is 5.91 Å². The molecule has 12 nitrogen and oxygen atoms in total. The fraction of sp³-hybridized carbons (Fsp3) is 0.477. The number of aliphatic hydroxyl groups excluding tert-OH is 1. The van der Waals surface area contributed by atoms with Crippen molar-refractivity contribution in [2.24, 2.45) is 16.8 Å². The third-order valence-corrected chi connectivity index (χ3v) is 10.6. The molecule has 0 radical (unpaired) electrons. The van der Waals surface area contributed by atoms with Crippen molar-refractivity contribution in [3.63, 3.8) is 0 Å². The lowest BCUT2D eigenvalue weighted by molar-refractivity contribution is -0.130. The zero-order valence-corrected chi connectivity index (χ0v) is 33.5. The van der Waals surface area contributed by atoms with Crippen LogP contribution in [0.3, 0.4) is 0 Å². The van der Waals surface area contributed by atoms with Gasteiger partial charge < -0.3 is 30.7 Å². The minimum absolute atomic E-state index is 0.00670. The van der Waals surface area contributed by atoms with Crippen molar-refractivity contribution in [3.05, 3.63) is 89.5 Å². The number of alkyl carbamates (subject to hydrolysis) is 1. The molecule has 5 rings (SSSR count). The number of amides is 4. The number of hydrogen-bond acceptors (Lipinski definition) is 8. The summed E-state index contributed by atoms with van der Waals surface area (Å²) in [4.78, 5) is 61.3. The number of piperazine rings is 1. The van der Waals surface area contributed by atoms with Gasteiger partial charge in [0.2, 0.25) is 11.8 Å². The van der Waals surface area contributed by atoms with Gasteiger partial charge in [0, 0.05) is 75.6 Å². The van der Waals surface area contributed by atoms with E-state index in [2.05, 4.69) is 25.8 Å². The van der Waals surface area contributed by atoms with Gasteiger partial charge in [-0.05, 0) is 106 Å². The summed E-state index contributed by atoms with van der Waals surface area (Å²) in [6.45, 7) is 11.4. The second kappa shape index (κ2) is 19.7. The van der Waals surface area contributed by atoms with E-state index in [-0.39, 0.29) is 42.6 Å². The van der Waals surface area contributed by atoms with Crippen molar-refractivity contribution in [2.75, 3.05) is 58.2 Å².